The fourth-order valence-electron chi connectivity index (χ4n) is 1.75. The number of carboxylic acids is 1. The van der Waals surface area contributed by atoms with Crippen molar-refractivity contribution in [3.8, 4) is 11.5 Å². The number of nitrogens with one attached hydrogen (secondary N) is 1. The molecule has 7 nitrogen and oxygen atoms in total. The SMILES string of the molecule is O=C(O)COc1ccc(/C=N\NC(=O)COc2cccc(Cl)c2Cl)cc1. The van der Waals surface area contributed by atoms with Gasteiger partial charge in [-0.1, -0.05) is 29.3 Å². The molecule has 0 heterocycles. The molecule has 0 bridgehead atoms. The van der Waals surface area contributed by atoms with Gasteiger partial charge in [0, 0.05) is 0 Å². The van der Waals surface area contributed by atoms with Crippen LogP contribution in [0.15, 0.2) is 47.6 Å². The zero-order valence-corrected chi connectivity index (χ0v) is 14.8. The second kappa shape index (κ2) is 9.65. The highest BCUT2D eigenvalue weighted by Crippen LogP contribution is 2.31. The van der Waals surface area contributed by atoms with Crippen molar-refractivity contribution >= 4 is 41.3 Å². The summed E-state index contributed by atoms with van der Waals surface area (Å²) in [5.41, 5.74) is 3.00. The molecular formula is C17H14Cl2N2O5. The molecule has 0 unspecified atom stereocenters. The molecule has 2 aromatic rings. The molecule has 1 amide bonds. The van der Waals surface area contributed by atoms with Gasteiger partial charge in [0.1, 0.15) is 16.5 Å². The lowest BCUT2D eigenvalue weighted by Gasteiger charge is -2.07. The van der Waals surface area contributed by atoms with Crippen molar-refractivity contribution < 1.29 is 24.2 Å². The van der Waals surface area contributed by atoms with Crippen molar-refractivity contribution in [3.63, 3.8) is 0 Å². The molecule has 0 radical (unpaired) electrons. The van der Waals surface area contributed by atoms with Crippen LogP contribution in [0.3, 0.4) is 0 Å². The Balaban J connectivity index is 1.79. The van der Waals surface area contributed by atoms with E-state index in [1.807, 2.05) is 0 Å². The molecule has 0 atom stereocenters. The van der Waals surface area contributed by atoms with Crippen LogP contribution in [-0.4, -0.2) is 36.4 Å². The second-order valence-corrected chi connectivity index (χ2v) is 5.67. The van der Waals surface area contributed by atoms with Crippen molar-refractivity contribution in [1.82, 2.24) is 5.43 Å². The Labute approximate surface area is 159 Å². The van der Waals surface area contributed by atoms with Gasteiger partial charge in [0.15, 0.2) is 13.2 Å². The number of hydrazone groups is 1. The van der Waals surface area contributed by atoms with Crippen LogP contribution >= 0.6 is 23.2 Å². The van der Waals surface area contributed by atoms with Crippen molar-refractivity contribution in [2.75, 3.05) is 13.2 Å². The molecule has 0 aliphatic carbocycles. The number of benzene rings is 2. The molecule has 2 rings (SSSR count). The minimum atomic E-state index is -1.06. The van der Waals surface area contributed by atoms with Gasteiger partial charge in [-0.15, -0.1) is 0 Å². The molecule has 136 valence electrons. The zero-order chi connectivity index (χ0) is 18.9. The molecule has 0 aromatic heterocycles. The fraction of sp³-hybridized carbons (Fsp3) is 0.118. The third kappa shape index (κ3) is 6.27. The van der Waals surface area contributed by atoms with Crippen LogP contribution in [0.2, 0.25) is 10.0 Å². The topological polar surface area (TPSA) is 97.2 Å². The standard InChI is InChI=1S/C17H14Cl2N2O5/c18-13-2-1-3-14(17(13)19)26-9-15(22)21-20-8-11-4-6-12(7-5-11)25-10-16(23)24/h1-8H,9-10H2,(H,21,22)(H,23,24)/b20-8-. The van der Waals surface area contributed by atoms with Crippen LogP contribution < -0.4 is 14.9 Å². The van der Waals surface area contributed by atoms with Gasteiger partial charge < -0.3 is 14.6 Å². The summed E-state index contributed by atoms with van der Waals surface area (Å²) in [7, 11) is 0. The lowest BCUT2D eigenvalue weighted by atomic mass is 10.2. The highest BCUT2D eigenvalue weighted by molar-refractivity contribution is 6.42. The molecule has 26 heavy (non-hydrogen) atoms. The molecule has 0 fully saturated rings. The number of ether oxygens (including phenoxy) is 2. The Morgan fingerprint density at radius 2 is 1.81 bits per heavy atom. The molecule has 0 spiro atoms. The maximum absolute atomic E-state index is 11.7. The number of amides is 1. The normalized spacial score (nSPS) is 10.5. The summed E-state index contributed by atoms with van der Waals surface area (Å²) >= 11 is 11.8. The van der Waals surface area contributed by atoms with Gasteiger partial charge in [0.05, 0.1) is 11.2 Å². The lowest BCUT2D eigenvalue weighted by Crippen LogP contribution is -2.24. The predicted molar refractivity (Wildman–Crippen MR) is 97.3 cm³/mol. The fourth-order valence-corrected chi connectivity index (χ4v) is 2.09. The highest BCUT2D eigenvalue weighted by atomic mass is 35.5. The molecule has 2 aromatic carbocycles. The number of aliphatic carboxylic acids is 1. The smallest absolute Gasteiger partial charge is 0.341 e. The number of carboxylic acid groups (broad SMARTS) is 1. The Kier molecular flexibility index (Phi) is 7.25. The molecular weight excluding hydrogens is 383 g/mol. The Morgan fingerprint density at radius 3 is 2.50 bits per heavy atom. The van der Waals surface area contributed by atoms with E-state index >= 15 is 0 Å². The summed E-state index contributed by atoms with van der Waals surface area (Å²) < 4.78 is 10.3. The van der Waals surface area contributed by atoms with Crippen molar-refractivity contribution in [2.24, 2.45) is 5.10 Å². The van der Waals surface area contributed by atoms with Crippen LogP contribution in [0, 0.1) is 0 Å². The number of rotatable bonds is 8. The first kappa shape index (κ1) is 19.6. The predicted octanol–water partition coefficient (Wildman–Crippen LogP) is 2.99. The van der Waals surface area contributed by atoms with Crippen LogP contribution in [0.5, 0.6) is 11.5 Å². The zero-order valence-electron chi connectivity index (χ0n) is 13.3. The first-order valence-corrected chi connectivity index (χ1v) is 8.04. The molecule has 0 saturated heterocycles. The van der Waals surface area contributed by atoms with Crippen LogP contribution in [0.1, 0.15) is 5.56 Å². The first-order chi connectivity index (χ1) is 12.5. The van der Waals surface area contributed by atoms with Gasteiger partial charge in [0.2, 0.25) is 0 Å². The maximum Gasteiger partial charge on any atom is 0.341 e. The van der Waals surface area contributed by atoms with Gasteiger partial charge in [-0.25, -0.2) is 10.2 Å². The van der Waals surface area contributed by atoms with E-state index in [4.69, 9.17) is 37.8 Å². The number of nitrogens with zero attached hydrogens (tertiary/aromatic N) is 1. The highest BCUT2D eigenvalue weighted by Gasteiger charge is 2.07. The first-order valence-electron chi connectivity index (χ1n) is 7.29. The van der Waals surface area contributed by atoms with E-state index in [2.05, 4.69) is 10.5 Å². The molecule has 0 saturated carbocycles. The largest absolute Gasteiger partial charge is 0.482 e. The van der Waals surface area contributed by atoms with E-state index in [1.165, 1.54) is 6.21 Å². The van der Waals surface area contributed by atoms with Gasteiger partial charge >= 0.3 is 5.97 Å². The Morgan fingerprint density at radius 1 is 1.08 bits per heavy atom. The average molecular weight is 397 g/mol. The van der Waals surface area contributed by atoms with E-state index in [-0.39, 0.29) is 11.6 Å². The summed E-state index contributed by atoms with van der Waals surface area (Å²) in [6.07, 6.45) is 1.42. The van der Waals surface area contributed by atoms with Gasteiger partial charge in [-0.3, -0.25) is 4.79 Å². The van der Waals surface area contributed by atoms with E-state index in [0.717, 1.165) is 0 Å². The van der Waals surface area contributed by atoms with Crippen LogP contribution in [-0.2, 0) is 9.59 Å². The van der Waals surface area contributed by atoms with Gasteiger partial charge in [0.25, 0.3) is 5.91 Å². The summed E-state index contributed by atoms with van der Waals surface area (Å²) in [6, 6.07) is 11.4. The van der Waals surface area contributed by atoms with Crippen LogP contribution in [0.4, 0.5) is 0 Å². The summed E-state index contributed by atoms with van der Waals surface area (Å²) in [6.45, 7) is -0.695. The quantitative estimate of drug-likeness (QED) is 0.527. The monoisotopic (exact) mass is 396 g/mol. The van der Waals surface area contributed by atoms with E-state index < -0.39 is 18.5 Å². The molecule has 2 N–H and O–H groups in total. The number of halogens is 2. The second-order valence-electron chi connectivity index (χ2n) is 4.89. The number of carbonyl (C=O) groups is 2. The van der Waals surface area contributed by atoms with Gasteiger partial charge in [-0.2, -0.15) is 5.10 Å². The minimum absolute atomic E-state index is 0.232. The summed E-state index contributed by atoms with van der Waals surface area (Å²) in [4.78, 5) is 22.1. The maximum atomic E-state index is 11.7. The summed E-state index contributed by atoms with van der Waals surface area (Å²) in [5.74, 6) is -0.811. The number of hydrogen-bond acceptors (Lipinski definition) is 5. The number of carbonyl (C=O) groups excluding carboxylic acids is 1. The van der Waals surface area contributed by atoms with E-state index in [9.17, 15) is 9.59 Å². The van der Waals surface area contributed by atoms with Crippen molar-refractivity contribution in [3.05, 3.63) is 58.1 Å². The van der Waals surface area contributed by atoms with Crippen molar-refractivity contribution in [2.45, 2.75) is 0 Å². The van der Waals surface area contributed by atoms with Crippen LogP contribution in [0.25, 0.3) is 0 Å². The summed E-state index contributed by atoms with van der Waals surface area (Å²) in [5, 5.41) is 12.9. The Bertz CT molecular complexity index is 809. The average Bonchev–Trinajstić information content (AvgIpc) is 2.62. The lowest BCUT2D eigenvalue weighted by molar-refractivity contribution is -0.139. The molecule has 9 heteroatoms. The van der Waals surface area contributed by atoms with Crippen molar-refractivity contribution in [1.29, 1.82) is 0 Å². The minimum Gasteiger partial charge on any atom is -0.482 e. The number of hydrogen-bond donors (Lipinski definition) is 2. The third-order valence-electron chi connectivity index (χ3n) is 2.92. The van der Waals surface area contributed by atoms with Gasteiger partial charge in [-0.05, 0) is 42.0 Å². The Hall–Kier alpha value is -2.77. The van der Waals surface area contributed by atoms with E-state index in [0.29, 0.717) is 22.1 Å². The molecule has 0 aliphatic rings. The third-order valence-corrected chi connectivity index (χ3v) is 3.72. The molecule has 0 aliphatic heterocycles. The van der Waals surface area contributed by atoms with E-state index in [1.54, 1.807) is 42.5 Å².